The maximum atomic E-state index is 13.6. The number of para-hydroxylation sites is 1. The third-order valence-corrected chi connectivity index (χ3v) is 4.89. The minimum Gasteiger partial charge on any atom is -0.468 e. The first-order chi connectivity index (χ1) is 10.7. The van der Waals surface area contributed by atoms with Gasteiger partial charge in [-0.2, -0.15) is 0 Å². The summed E-state index contributed by atoms with van der Waals surface area (Å²) in [7, 11) is 0. The number of carbonyl (C=O) groups is 1. The fraction of sp³-hybridized carbons (Fsp3) is 0.312. The third kappa shape index (κ3) is 3.44. The van der Waals surface area contributed by atoms with Gasteiger partial charge in [-0.15, -0.1) is 11.8 Å². The lowest BCUT2D eigenvalue weighted by Crippen LogP contribution is -2.36. The van der Waals surface area contributed by atoms with E-state index in [0.717, 1.165) is 17.9 Å². The van der Waals surface area contributed by atoms with E-state index in [2.05, 4.69) is 5.32 Å². The molecule has 1 atom stereocenters. The summed E-state index contributed by atoms with van der Waals surface area (Å²) < 4.78 is 19.0. The van der Waals surface area contributed by atoms with Crippen molar-refractivity contribution in [1.29, 1.82) is 0 Å². The van der Waals surface area contributed by atoms with E-state index in [9.17, 15) is 9.18 Å². The monoisotopic (exact) mass is 320 g/mol. The number of benzene rings is 1. The van der Waals surface area contributed by atoms with Crippen LogP contribution in [0.1, 0.15) is 17.4 Å². The van der Waals surface area contributed by atoms with Crippen LogP contribution in [-0.2, 0) is 0 Å². The highest BCUT2D eigenvalue weighted by Gasteiger charge is 2.23. The van der Waals surface area contributed by atoms with Crippen LogP contribution in [0.2, 0.25) is 0 Å². The van der Waals surface area contributed by atoms with E-state index >= 15 is 0 Å². The number of nitrogens with zero attached hydrogens (tertiary/aromatic N) is 1. The van der Waals surface area contributed by atoms with Crippen molar-refractivity contribution in [3.8, 4) is 0 Å². The van der Waals surface area contributed by atoms with Gasteiger partial charge in [0.2, 0.25) is 0 Å². The minimum atomic E-state index is -0.423. The molecule has 0 bridgehead atoms. The van der Waals surface area contributed by atoms with Crippen molar-refractivity contribution in [1.82, 2.24) is 4.90 Å². The van der Waals surface area contributed by atoms with Gasteiger partial charge in [0.05, 0.1) is 17.2 Å². The zero-order valence-corrected chi connectivity index (χ0v) is 12.8. The number of halogens is 1. The lowest BCUT2D eigenvalue weighted by molar-refractivity contribution is 0.214. The van der Waals surface area contributed by atoms with Gasteiger partial charge in [-0.3, -0.25) is 0 Å². The van der Waals surface area contributed by atoms with Crippen molar-refractivity contribution in [2.24, 2.45) is 0 Å². The number of anilines is 1. The summed E-state index contributed by atoms with van der Waals surface area (Å²) in [5.74, 6) is 1.35. The number of hydrogen-bond donors (Lipinski definition) is 1. The van der Waals surface area contributed by atoms with Crippen LogP contribution < -0.4 is 5.32 Å². The Bertz CT molecular complexity index is 633. The van der Waals surface area contributed by atoms with Crippen molar-refractivity contribution in [3.05, 3.63) is 54.2 Å². The molecular weight excluding hydrogens is 303 g/mol. The molecule has 2 amide bonds. The van der Waals surface area contributed by atoms with Crippen molar-refractivity contribution in [3.63, 3.8) is 0 Å². The number of rotatable bonds is 2. The molecule has 1 aromatic heterocycles. The Kier molecular flexibility index (Phi) is 4.68. The van der Waals surface area contributed by atoms with Gasteiger partial charge in [-0.1, -0.05) is 12.1 Å². The van der Waals surface area contributed by atoms with Gasteiger partial charge in [-0.25, -0.2) is 9.18 Å². The lowest BCUT2D eigenvalue weighted by atomic mass is 10.2. The first kappa shape index (κ1) is 15.0. The lowest BCUT2D eigenvalue weighted by Gasteiger charge is -2.20. The second-order valence-electron chi connectivity index (χ2n) is 5.06. The van der Waals surface area contributed by atoms with Gasteiger partial charge < -0.3 is 14.6 Å². The SMILES string of the molecule is O=C(Nc1ccccc1F)N1CCSC(c2ccco2)CC1. The average molecular weight is 320 g/mol. The quantitative estimate of drug-likeness (QED) is 0.905. The molecule has 0 saturated carbocycles. The predicted octanol–water partition coefficient (Wildman–Crippen LogP) is 4.13. The zero-order valence-electron chi connectivity index (χ0n) is 12.0. The summed E-state index contributed by atoms with van der Waals surface area (Å²) in [5.41, 5.74) is 0.215. The fourth-order valence-electron chi connectivity index (χ4n) is 2.43. The van der Waals surface area contributed by atoms with E-state index in [1.54, 1.807) is 41.1 Å². The van der Waals surface area contributed by atoms with Crippen LogP contribution >= 0.6 is 11.8 Å². The Morgan fingerprint density at radius 1 is 1.27 bits per heavy atom. The highest BCUT2D eigenvalue weighted by molar-refractivity contribution is 7.99. The van der Waals surface area contributed by atoms with E-state index in [0.29, 0.717) is 13.1 Å². The number of urea groups is 1. The van der Waals surface area contributed by atoms with Crippen LogP contribution in [0, 0.1) is 5.82 Å². The van der Waals surface area contributed by atoms with E-state index in [1.165, 1.54) is 6.07 Å². The molecule has 1 aromatic carbocycles. The molecule has 1 unspecified atom stereocenters. The van der Waals surface area contributed by atoms with Gasteiger partial charge in [-0.05, 0) is 30.7 Å². The van der Waals surface area contributed by atoms with E-state index < -0.39 is 5.82 Å². The number of nitrogens with one attached hydrogen (secondary N) is 1. The van der Waals surface area contributed by atoms with E-state index in [4.69, 9.17) is 4.42 Å². The smallest absolute Gasteiger partial charge is 0.321 e. The molecular formula is C16H17FN2O2S. The van der Waals surface area contributed by atoms with Gasteiger partial charge in [0, 0.05) is 18.8 Å². The molecule has 0 spiro atoms. The number of amides is 2. The molecule has 4 nitrogen and oxygen atoms in total. The second kappa shape index (κ2) is 6.87. The largest absolute Gasteiger partial charge is 0.468 e. The third-order valence-electron chi connectivity index (χ3n) is 3.60. The van der Waals surface area contributed by atoms with Crippen LogP contribution in [0.25, 0.3) is 0 Å². The second-order valence-corrected chi connectivity index (χ2v) is 6.37. The molecule has 116 valence electrons. The topological polar surface area (TPSA) is 45.5 Å². The summed E-state index contributed by atoms with van der Waals surface area (Å²) in [4.78, 5) is 14.0. The first-order valence-electron chi connectivity index (χ1n) is 7.19. The summed E-state index contributed by atoms with van der Waals surface area (Å²) in [6.07, 6.45) is 2.49. The van der Waals surface area contributed by atoms with E-state index in [-0.39, 0.29) is 17.0 Å². The molecule has 0 aliphatic carbocycles. The molecule has 22 heavy (non-hydrogen) atoms. The molecule has 1 fully saturated rings. The molecule has 0 radical (unpaired) electrons. The van der Waals surface area contributed by atoms with Gasteiger partial charge in [0.15, 0.2) is 0 Å². The molecule has 1 saturated heterocycles. The Morgan fingerprint density at radius 2 is 2.14 bits per heavy atom. The molecule has 6 heteroatoms. The summed E-state index contributed by atoms with van der Waals surface area (Å²) >= 11 is 1.78. The van der Waals surface area contributed by atoms with Crippen molar-refractivity contribution in [2.75, 3.05) is 24.2 Å². The average Bonchev–Trinajstić information content (AvgIpc) is 2.94. The highest BCUT2D eigenvalue weighted by atomic mass is 32.2. The summed E-state index contributed by atoms with van der Waals surface area (Å²) in [5, 5.41) is 2.90. The van der Waals surface area contributed by atoms with Crippen LogP contribution in [0.5, 0.6) is 0 Å². The van der Waals surface area contributed by atoms with Gasteiger partial charge in [0.1, 0.15) is 11.6 Å². The number of furan rings is 1. The fourth-order valence-corrected chi connectivity index (χ4v) is 3.61. The van der Waals surface area contributed by atoms with Crippen LogP contribution in [0.15, 0.2) is 47.1 Å². The Hall–Kier alpha value is -1.95. The van der Waals surface area contributed by atoms with Crippen LogP contribution in [0.4, 0.5) is 14.9 Å². The normalized spacial score (nSPS) is 18.8. The number of carbonyl (C=O) groups excluding carboxylic acids is 1. The zero-order chi connectivity index (χ0) is 15.4. The van der Waals surface area contributed by atoms with Gasteiger partial charge in [0.25, 0.3) is 0 Å². The Morgan fingerprint density at radius 3 is 2.91 bits per heavy atom. The Balaban J connectivity index is 1.61. The van der Waals surface area contributed by atoms with Crippen molar-refractivity contribution in [2.45, 2.75) is 11.7 Å². The molecule has 1 aliphatic rings. The summed E-state index contributed by atoms with van der Waals surface area (Å²) in [6, 6.07) is 9.78. The van der Waals surface area contributed by atoms with Gasteiger partial charge >= 0.3 is 6.03 Å². The minimum absolute atomic E-state index is 0.215. The highest BCUT2D eigenvalue weighted by Crippen LogP contribution is 2.34. The maximum Gasteiger partial charge on any atom is 0.321 e. The standard InChI is InChI=1S/C16H17FN2O2S/c17-12-4-1-2-5-13(12)18-16(20)19-8-7-15(22-11-9-19)14-6-3-10-21-14/h1-6,10,15H,7-9,11H2,(H,18,20). The molecule has 1 aliphatic heterocycles. The van der Waals surface area contributed by atoms with Crippen molar-refractivity contribution >= 4 is 23.5 Å². The number of thioether (sulfide) groups is 1. The van der Waals surface area contributed by atoms with Crippen LogP contribution in [0.3, 0.4) is 0 Å². The first-order valence-corrected chi connectivity index (χ1v) is 8.24. The van der Waals surface area contributed by atoms with E-state index in [1.807, 2.05) is 12.1 Å². The number of hydrogen-bond acceptors (Lipinski definition) is 3. The summed E-state index contributed by atoms with van der Waals surface area (Å²) in [6.45, 7) is 1.26. The Labute approximate surface area is 132 Å². The molecule has 1 N–H and O–H groups in total. The van der Waals surface area contributed by atoms with Crippen molar-refractivity contribution < 1.29 is 13.6 Å². The molecule has 2 aromatic rings. The molecule has 3 rings (SSSR count). The predicted molar refractivity (Wildman–Crippen MR) is 85.5 cm³/mol. The molecule has 2 heterocycles. The van der Waals surface area contributed by atoms with Crippen LogP contribution in [-0.4, -0.2) is 29.8 Å². The maximum absolute atomic E-state index is 13.6.